The van der Waals surface area contributed by atoms with Gasteiger partial charge in [0.1, 0.15) is 0 Å². The molecule has 0 aliphatic carbocycles. The number of carboxylic acid groups (broad SMARTS) is 1. The average molecular weight is 450 g/mol. The number of aliphatic hydroxyl groups excluding tert-OH is 1. The molecule has 0 aliphatic heterocycles. The van der Waals surface area contributed by atoms with E-state index in [0.29, 0.717) is 17.6 Å². The molecule has 0 amide bonds. The Morgan fingerprint density at radius 3 is 2.08 bits per heavy atom. The second-order valence-corrected chi connectivity index (χ2v) is 7.56. The lowest BCUT2D eigenvalue weighted by atomic mass is 9.82. The smallest absolute Gasteiger partial charge is 0.330 e. The Labute approximate surface area is 158 Å². The number of carboxylic acids is 1. The first-order chi connectivity index (χ1) is 10.9. The summed E-state index contributed by atoms with van der Waals surface area (Å²) in [5, 5.41) is 19.7. The van der Waals surface area contributed by atoms with Crippen LogP contribution in [-0.4, -0.2) is 22.2 Å². The molecule has 0 aromatic carbocycles. The first kappa shape index (κ1) is 22.7. The second kappa shape index (κ2) is 9.86. The summed E-state index contributed by atoms with van der Waals surface area (Å²) in [5.74, 6) is -2.83. The number of hydrogen-bond donors (Lipinski definition) is 2. The SMILES string of the molecule is C=C/C(=C\C(=C(\O)CC(C)C)C(C)(C)C)CC(C(=O)O)C(=O)OI. The second-order valence-electron chi connectivity index (χ2n) is 7.12. The van der Waals surface area contributed by atoms with Crippen molar-refractivity contribution in [2.75, 3.05) is 0 Å². The summed E-state index contributed by atoms with van der Waals surface area (Å²) in [7, 11) is 0. The molecule has 0 spiro atoms. The monoisotopic (exact) mass is 450 g/mol. The maximum atomic E-state index is 11.6. The first-order valence-electron chi connectivity index (χ1n) is 7.74. The zero-order valence-electron chi connectivity index (χ0n) is 14.9. The standard InChI is InChI=1S/C18H27IO5/c1-7-12(9-13(16(21)22)17(23)24-19)10-14(18(4,5)6)15(20)8-11(2)3/h7,10-11,13,20H,1,8-9H2,2-6H3,(H,21,22)/b12-10+,15-14-. The van der Waals surface area contributed by atoms with Crippen molar-refractivity contribution in [3.05, 3.63) is 35.6 Å². The Bertz CT molecular complexity index is 538. The highest BCUT2D eigenvalue weighted by atomic mass is 127. The number of allylic oxidation sites excluding steroid dienone is 5. The van der Waals surface area contributed by atoms with Crippen molar-refractivity contribution in [1.82, 2.24) is 0 Å². The van der Waals surface area contributed by atoms with Gasteiger partial charge in [-0.15, -0.1) is 0 Å². The van der Waals surface area contributed by atoms with E-state index in [4.69, 9.17) is 0 Å². The molecule has 136 valence electrons. The van der Waals surface area contributed by atoms with Crippen LogP contribution in [0, 0.1) is 17.3 Å². The third kappa shape index (κ3) is 7.51. The van der Waals surface area contributed by atoms with Crippen LogP contribution in [0.25, 0.3) is 0 Å². The Hall–Kier alpha value is -1.31. The van der Waals surface area contributed by atoms with E-state index in [-0.39, 0.29) is 23.5 Å². The Kier molecular flexibility index (Phi) is 9.32. The number of carbonyl (C=O) groups is 2. The molecule has 0 radical (unpaired) electrons. The molecule has 5 nitrogen and oxygen atoms in total. The van der Waals surface area contributed by atoms with Crippen LogP contribution in [0.15, 0.2) is 35.6 Å². The zero-order chi connectivity index (χ0) is 19.1. The van der Waals surface area contributed by atoms with Gasteiger partial charge >= 0.3 is 11.9 Å². The van der Waals surface area contributed by atoms with E-state index in [9.17, 15) is 19.8 Å². The minimum absolute atomic E-state index is 0.0464. The molecule has 0 fully saturated rings. The quantitative estimate of drug-likeness (QED) is 0.236. The lowest BCUT2D eigenvalue weighted by Crippen LogP contribution is -2.24. The Balaban J connectivity index is 5.83. The van der Waals surface area contributed by atoms with Crippen molar-refractivity contribution >= 4 is 34.9 Å². The molecule has 0 bridgehead atoms. The highest BCUT2D eigenvalue weighted by Gasteiger charge is 2.29. The largest absolute Gasteiger partial charge is 0.512 e. The summed E-state index contributed by atoms with van der Waals surface area (Å²) in [4.78, 5) is 22.9. The molecule has 0 rings (SSSR count). The van der Waals surface area contributed by atoms with Gasteiger partial charge in [0.25, 0.3) is 0 Å². The molecule has 24 heavy (non-hydrogen) atoms. The number of carbonyl (C=O) groups excluding carboxylic acids is 1. The molecular weight excluding hydrogens is 423 g/mol. The van der Waals surface area contributed by atoms with E-state index >= 15 is 0 Å². The maximum Gasteiger partial charge on any atom is 0.330 e. The average Bonchev–Trinajstić information content (AvgIpc) is 2.44. The van der Waals surface area contributed by atoms with Gasteiger partial charge in [-0.25, -0.2) is 0 Å². The van der Waals surface area contributed by atoms with Crippen LogP contribution in [0.4, 0.5) is 0 Å². The molecule has 1 atom stereocenters. The topological polar surface area (TPSA) is 83.8 Å². The minimum atomic E-state index is -1.31. The van der Waals surface area contributed by atoms with E-state index in [2.05, 4.69) is 9.65 Å². The third-order valence-corrected chi connectivity index (χ3v) is 3.84. The number of hydrogen-bond acceptors (Lipinski definition) is 4. The number of aliphatic carboxylic acids is 1. The van der Waals surface area contributed by atoms with Crippen molar-refractivity contribution in [3.63, 3.8) is 0 Å². The van der Waals surface area contributed by atoms with Crippen molar-refractivity contribution < 1.29 is 22.9 Å². The molecule has 0 heterocycles. The summed E-state index contributed by atoms with van der Waals surface area (Å²) in [5.41, 5.74) is 0.929. The number of aliphatic hydroxyl groups is 1. The summed E-state index contributed by atoms with van der Waals surface area (Å²) in [6.45, 7) is 13.6. The van der Waals surface area contributed by atoms with Crippen LogP contribution >= 0.6 is 23.0 Å². The van der Waals surface area contributed by atoms with Crippen LogP contribution in [0.1, 0.15) is 47.5 Å². The van der Waals surface area contributed by atoms with Gasteiger partial charge in [-0.2, -0.15) is 0 Å². The fraction of sp³-hybridized carbons (Fsp3) is 0.556. The van der Waals surface area contributed by atoms with Gasteiger partial charge in [-0.05, 0) is 28.9 Å². The normalized spacial score (nSPS) is 14.9. The van der Waals surface area contributed by atoms with Crippen molar-refractivity contribution in [2.45, 2.75) is 47.5 Å². The molecule has 0 aromatic heterocycles. The van der Waals surface area contributed by atoms with E-state index in [1.165, 1.54) is 29.1 Å². The van der Waals surface area contributed by atoms with Crippen molar-refractivity contribution in [3.8, 4) is 0 Å². The third-order valence-electron chi connectivity index (χ3n) is 3.41. The van der Waals surface area contributed by atoms with Crippen molar-refractivity contribution in [1.29, 1.82) is 0 Å². The van der Waals surface area contributed by atoms with Gasteiger partial charge in [-0.1, -0.05) is 53.3 Å². The van der Waals surface area contributed by atoms with Crippen LogP contribution in [0.3, 0.4) is 0 Å². The highest BCUT2D eigenvalue weighted by Crippen LogP contribution is 2.32. The predicted octanol–water partition coefficient (Wildman–Crippen LogP) is 4.99. The van der Waals surface area contributed by atoms with E-state index in [0.717, 1.165) is 0 Å². The number of rotatable bonds is 8. The van der Waals surface area contributed by atoms with Crippen molar-refractivity contribution in [2.24, 2.45) is 17.3 Å². The minimum Gasteiger partial charge on any atom is -0.512 e. The fourth-order valence-corrected chi connectivity index (χ4v) is 2.48. The molecule has 1 unspecified atom stereocenters. The maximum absolute atomic E-state index is 11.6. The van der Waals surface area contributed by atoms with Crippen LogP contribution < -0.4 is 0 Å². The van der Waals surface area contributed by atoms with E-state index < -0.39 is 17.9 Å². The van der Waals surface area contributed by atoms with Gasteiger partial charge in [0.2, 0.25) is 0 Å². The van der Waals surface area contributed by atoms with Gasteiger partial charge in [0.15, 0.2) is 28.9 Å². The first-order valence-corrected chi connectivity index (χ1v) is 8.62. The van der Waals surface area contributed by atoms with E-state index in [1.54, 1.807) is 6.08 Å². The zero-order valence-corrected chi connectivity index (χ0v) is 17.1. The number of halogens is 1. The van der Waals surface area contributed by atoms with Gasteiger partial charge in [-0.3, -0.25) is 9.59 Å². The summed E-state index contributed by atoms with van der Waals surface area (Å²) < 4.78 is 4.52. The molecule has 0 saturated heterocycles. The van der Waals surface area contributed by atoms with Gasteiger partial charge in [0.05, 0.1) is 5.76 Å². The van der Waals surface area contributed by atoms with Gasteiger partial charge in [0, 0.05) is 6.42 Å². The summed E-state index contributed by atoms with van der Waals surface area (Å²) >= 11 is 1.38. The Morgan fingerprint density at radius 1 is 1.21 bits per heavy atom. The fourth-order valence-electron chi connectivity index (χ4n) is 2.18. The predicted molar refractivity (Wildman–Crippen MR) is 103 cm³/mol. The lowest BCUT2D eigenvalue weighted by molar-refractivity contribution is -0.151. The summed E-state index contributed by atoms with van der Waals surface area (Å²) in [6, 6.07) is 0. The van der Waals surface area contributed by atoms with Crippen LogP contribution in [0.5, 0.6) is 0 Å². The molecule has 0 aromatic rings. The summed E-state index contributed by atoms with van der Waals surface area (Å²) in [6.07, 6.45) is 3.70. The highest BCUT2D eigenvalue weighted by molar-refractivity contribution is 14.1. The molecule has 6 heteroatoms. The molecule has 0 saturated carbocycles. The van der Waals surface area contributed by atoms with Crippen LogP contribution in [-0.2, 0) is 12.7 Å². The van der Waals surface area contributed by atoms with Gasteiger partial charge < -0.3 is 13.3 Å². The van der Waals surface area contributed by atoms with Crippen LogP contribution in [0.2, 0.25) is 0 Å². The molecule has 2 N–H and O–H groups in total. The lowest BCUT2D eigenvalue weighted by Gasteiger charge is -2.24. The molecule has 0 aliphatic rings. The Morgan fingerprint density at radius 2 is 1.75 bits per heavy atom. The molecular formula is C18H27IO5. The van der Waals surface area contributed by atoms with E-state index in [1.807, 2.05) is 34.6 Å².